The van der Waals surface area contributed by atoms with Gasteiger partial charge in [-0.15, -0.1) is 0 Å². The van der Waals surface area contributed by atoms with E-state index in [1.807, 2.05) is 27.7 Å². The van der Waals surface area contributed by atoms with Gasteiger partial charge in [-0.3, -0.25) is 0 Å². The zero-order chi connectivity index (χ0) is 28.1. The molecule has 1 fully saturated rings. The molecule has 1 aliphatic heterocycles. The molecule has 2 rings (SSSR count). The molecule has 0 saturated carbocycles. The Balaban J connectivity index is 0.00000308. The maximum absolute atomic E-state index is 4.28. The molecule has 208 valence electrons. The van der Waals surface area contributed by atoms with Crippen LogP contribution in [0.5, 0.6) is 0 Å². The first-order valence-corrected chi connectivity index (χ1v) is 14.8. The van der Waals surface area contributed by atoms with E-state index in [0.29, 0.717) is 12.0 Å². The number of piperidine rings is 1. The quantitative estimate of drug-likeness (QED) is 0.284. The molecular formula is C35H58N2. The molecule has 1 aliphatic rings. The van der Waals surface area contributed by atoms with Crippen molar-refractivity contribution in [2.45, 2.75) is 106 Å². The lowest BCUT2D eigenvalue weighted by Crippen LogP contribution is -2.42. The van der Waals surface area contributed by atoms with E-state index in [9.17, 15) is 0 Å². The minimum Gasteiger partial charge on any atom is -0.386 e. The molecule has 1 heterocycles. The summed E-state index contributed by atoms with van der Waals surface area (Å²) in [4.78, 5) is 2.65. The average molecular weight is 507 g/mol. The fraction of sp³-hybridized carbons (Fsp3) is 0.543. The van der Waals surface area contributed by atoms with Crippen molar-refractivity contribution in [1.29, 1.82) is 0 Å². The first kappa shape index (κ1) is 34.7. The van der Waals surface area contributed by atoms with Crippen molar-refractivity contribution >= 4 is 0 Å². The lowest BCUT2D eigenvalue weighted by atomic mass is 9.85. The summed E-state index contributed by atoms with van der Waals surface area (Å²) in [5, 5.41) is 3.70. The van der Waals surface area contributed by atoms with Crippen molar-refractivity contribution in [3.63, 3.8) is 0 Å². The molecule has 2 nitrogen and oxygen atoms in total. The Morgan fingerprint density at radius 3 is 2.16 bits per heavy atom. The second-order valence-electron chi connectivity index (χ2n) is 9.42. The lowest BCUT2D eigenvalue weighted by molar-refractivity contribution is 0.198. The largest absolute Gasteiger partial charge is 0.386 e. The summed E-state index contributed by atoms with van der Waals surface area (Å²) < 4.78 is 0. The monoisotopic (exact) mass is 506 g/mol. The van der Waals surface area contributed by atoms with Crippen molar-refractivity contribution in [2.75, 3.05) is 19.6 Å². The van der Waals surface area contributed by atoms with Crippen LogP contribution in [0.15, 0.2) is 89.7 Å². The van der Waals surface area contributed by atoms with Crippen molar-refractivity contribution in [2.24, 2.45) is 0 Å². The molecule has 0 amide bonds. The van der Waals surface area contributed by atoms with Crippen LogP contribution in [0.4, 0.5) is 0 Å². The van der Waals surface area contributed by atoms with E-state index < -0.39 is 0 Å². The van der Waals surface area contributed by atoms with Gasteiger partial charge in [0.05, 0.1) is 0 Å². The van der Waals surface area contributed by atoms with Gasteiger partial charge in [0.1, 0.15) is 0 Å². The first-order valence-electron chi connectivity index (χ1n) is 14.8. The SMILES string of the molecule is C=C(CC(/C=C\C)=C/C)NC1CCN(CCC(C(/C=C\CC)=C(C)C)c2ccccc2)CC1.CC.CC. The third-order valence-corrected chi connectivity index (χ3v) is 6.59. The van der Waals surface area contributed by atoms with Crippen LogP contribution in [0.3, 0.4) is 0 Å². The van der Waals surface area contributed by atoms with Crippen LogP contribution in [0.2, 0.25) is 0 Å². The van der Waals surface area contributed by atoms with Gasteiger partial charge in [-0.05, 0) is 76.6 Å². The van der Waals surface area contributed by atoms with E-state index in [0.717, 1.165) is 44.6 Å². The number of nitrogens with one attached hydrogen (secondary N) is 1. The van der Waals surface area contributed by atoms with Crippen LogP contribution >= 0.6 is 0 Å². The Kier molecular flexibility index (Phi) is 20.4. The van der Waals surface area contributed by atoms with E-state index in [4.69, 9.17) is 0 Å². The van der Waals surface area contributed by atoms with Crippen LogP contribution in [0, 0.1) is 0 Å². The van der Waals surface area contributed by atoms with Crippen LogP contribution in [0.1, 0.15) is 106 Å². The molecule has 1 aromatic rings. The van der Waals surface area contributed by atoms with Crippen LogP contribution in [0.25, 0.3) is 0 Å². The zero-order valence-electron chi connectivity index (χ0n) is 25.7. The van der Waals surface area contributed by atoms with Crippen LogP contribution < -0.4 is 5.32 Å². The summed E-state index contributed by atoms with van der Waals surface area (Å²) >= 11 is 0. The normalized spacial score (nSPS) is 15.4. The van der Waals surface area contributed by atoms with Gasteiger partial charge >= 0.3 is 0 Å². The van der Waals surface area contributed by atoms with Gasteiger partial charge in [-0.2, -0.15) is 0 Å². The Bertz CT molecular complexity index is 829. The average Bonchev–Trinajstić information content (AvgIpc) is 2.93. The highest BCUT2D eigenvalue weighted by atomic mass is 15.1. The Hall–Kier alpha value is -2.32. The van der Waals surface area contributed by atoms with E-state index >= 15 is 0 Å². The molecule has 2 heteroatoms. The van der Waals surface area contributed by atoms with Crippen LogP contribution in [-0.4, -0.2) is 30.6 Å². The van der Waals surface area contributed by atoms with Crippen molar-refractivity contribution < 1.29 is 0 Å². The zero-order valence-corrected chi connectivity index (χ0v) is 25.7. The van der Waals surface area contributed by atoms with E-state index in [1.165, 1.54) is 35.1 Å². The number of rotatable bonds is 12. The number of likely N-dealkylation sites (tertiary alicyclic amines) is 1. The fourth-order valence-corrected chi connectivity index (χ4v) is 4.73. The number of benzene rings is 1. The van der Waals surface area contributed by atoms with E-state index in [1.54, 1.807) is 0 Å². The Morgan fingerprint density at radius 1 is 1.03 bits per heavy atom. The van der Waals surface area contributed by atoms with Gasteiger partial charge in [0.25, 0.3) is 0 Å². The summed E-state index contributed by atoms with van der Waals surface area (Å²) in [6, 6.07) is 11.6. The van der Waals surface area contributed by atoms with E-state index in [-0.39, 0.29) is 0 Å². The predicted octanol–water partition coefficient (Wildman–Crippen LogP) is 10.00. The summed E-state index contributed by atoms with van der Waals surface area (Å²) in [5.74, 6) is 0.459. The lowest BCUT2D eigenvalue weighted by Gasteiger charge is -2.34. The van der Waals surface area contributed by atoms with Crippen molar-refractivity contribution in [1.82, 2.24) is 10.2 Å². The second-order valence-corrected chi connectivity index (χ2v) is 9.42. The molecule has 1 saturated heterocycles. The minimum atomic E-state index is 0.459. The molecule has 0 radical (unpaired) electrons. The molecule has 0 aromatic heterocycles. The second kappa shape index (κ2) is 21.7. The molecule has 1 N–H and O–H groups in total. The summed E-state index contributed by atoms with van der Waals surface area (Å²) in [7, 11) is 0. The molecular weight excluding hydrogens is 448 g/mol. The third kappa shape index (κ3) is 13.7. The van der Waals surface area contributed by atoms with E-state index in [2.05, 4.69) is 112 Å². The Labute approximate surface area is 231 Å². The van der Waals surface area contributed by atoms with Crippen molar-refractivity contribution in [3.05, 3.63) is 95.3 Å². The third-order valence-electron chi connectivity index (χ3n) is 6.59. The van der Waals surface area contributed by atoms with Crippen molar-refractivity contribution in [3.8, 4) is 0 Å². The molecule has 1 unspecified atom stereocenters. The highest BCUT2D eigenvalue weighted by Crippen LogP contribution is 2.32. The van der Waals surface area contributed by atoms with Gasteiger partial charge in [0.2, 0.25) is 0 Å². The first-order chi connectivity index (χ1) is 18.0. The highest BCUT2D eigenvalue weighted by molar-refractivity contribution is 5.37. The molecule has 0 bridgehead atoms. The summed E-state index contributed by atoms with van der Waals surface area (Å²) in [6.07, 6.45) is 16.7. The minimum absolute atomic E-state index is 0.459. The van der Waals surface area contributed by atoms with Gasteiger partial charge in [-0.1, -0.05) is 107 Å². The summed E-state index contributed by atoms with van der Waals surface area (Å²) in [6.45, 7) is 26.6. The number of allylic oxidation sites excluding steroid dienone is 8. The van der Waals surface area contributed by atoms with Gasteiger partial charge in [-0.25, -0.2) is 0 Å². The van der Waals surface area contributed by atoms with Crippen LogP contribution in [-0.2, 0) is 0 Å². The topological polar surface area (TPSA) is 15.3 Å². The maximum Gasteiger partial charge on any atom is 0.0282 e. The fourth-order valence-electron chi connectivity index (χ4n) is 4.73. The molecule has 1 atom stereocenters. The molecule has 37 heavy (non-hydrogen) atoms. The predicted molar refractivity (Wildman–Crippen MR) is 169 cm³/mol. The van der Waals surface area contributed by atoms with Gasteiger partial charge in [0, 0.05) is 37.2 Å². The molecule has 1 aromatic carbocycles. The van der Waals surface area contributed by atoms with Gasteiger partial charge < -0.3 is 10.2 Å². The highest BCUT2D eigenvalue weighted by Gasteiger charge is 2.22. The Morgan fingerprint density at radius 2 is 1.65 bits per heavy atom. The maximum atomic E-state index is 4.28. The van der Waals surface area contributed by atoms with Gasteiger partial charge in [0.15, 0.2) is 0 Å². The standard InChI is InChI=1S/C31H46N2.2C2H6/c1-7-10-17-30(25(4)5)31(28-15-12-11-13-16-28)20-23-33-21-18-29(19-22-33)32-26(6)24-27(9-3)14-8-2;2*1-2/h8-17,29,31-32H,6-7,18-24H2,1-5H3;2*1-2H3/b14-8-,17-10-,27-9+;;. The summed E-state index contributed by atoms with van der Waals surface area (Å²) in [5.41, 5.74) is 6.81. The smallest absolute Gasteiger partial charge is 0.0282 e. The molecule has 0 spiro atoms. The number of hydrogen-bond acceptors (Lipinski definition) is 2. The molecule has 0 aliphatic carbocycles. The number of nitrogens with zero attached hydrogens (tertiary/aromatic N) is 1. The number of hydrogen-bond donors (Lipinski definition) is 1.